The first-order valence-corrected chi connectivity index (χ1v) is 7.81. The lowest BCUT2D eigenvalue weighted by atomic mass is 9.99. The Hall–Kier alpha value is -0.300. The van der Waals surface area contributed by atoms with Crippen molar-refractivity contribution < 1.29 is 0 Å². The van der Waals surface area contributed by atoms with E-state index >= 15 is 0 Å². The third kappa shape index (κ3) is 2.07. The summed E-state index contributed by atoms with van der Waals surface area (Å²) in [6, 6.07) is 6.86. The minimum atomic E-state index is 0.593. The van der Waals surface area contributed by atoms with Gasteiger partial charge in [-0.15, -0.1) is 0 Å². The number of hydrogen-bond acceptors (Lipinski definition) is 0. The molecule has 1 aromatic rings. The van der Waals surface area contributed by atoms with Gasteiger partial charge in [0.1, 0.15) is 0 Å². The van der Waals surface area contributed by atoms with E-state index in [9.17, 15) is 0 Å². The van der Waals surface area contributed by atoms with Crippen LogP contribution in [0.4, 0.5) is 0 Å². The highest BCUT2D eigenvalue weighted by Crippen LogP contribution is 2.62. The van der Waals surface area contributed by atoms with Crippen LogP contribution < -0.4 is 0 Å². The molecule has 0 heterocycles. The molecule has 2 fully saturated rings. The quantitative estimate of drug-likeness (QED) is 0.659. The van der Waals surface area contributed by atoms with E-state index in [0.29, 0.717) is 4.83 Å². The third-order valence-electron chi connectivity index (χ3n) is 4.79. The number of hydrogen-bond donors (Lipinski definition) is 0. The maximum Gasteiger partial charge on any atom is 0.0431 e. The molecule has 2 aliphatic carbocycles. The lowest BCUT2D eigenvalue weighted by Gasteiger charge is -2.14. The molecule has 2 saturated carbocycles. The molecule has 0 aliphatic heterocycles. The lowest BCUT2D eigenvalue weighted by Crippen LogP contribution is -1.98. The second kappa shape index (κ2) is 4.42. The second-order valence-electron chi connectivity index (χ2n) is 5.95. The number of rotatable bonds is 2. The van der Waals surface area contributed by atoms with Crippen molar-refractivity contribution in [2.24, 2.45) is 17.8 Å². The maximum absolute atomic E-state index is 3.99. The van der Waals surface area contributed by atoms with Crippen molar-refractivity contribution in [3.63, 3.8) is 0 Å². The normalized spacial score (nSPS) is 33.0. The van der Waals surface area contributed by atoms with Crippen LogP contribution in [-0.2, 0) is 0 Å². The number of alkyl halides is 1. The van der Waals surface area contributed by atoms with Gasteiger partial charge in [0.2, 0.25) is 0 Å². The zero-order valence-electron chi connectivity index (χ0n) is 10.7. The van der Waals surface area contributed by atoms with Crippen LogP contribution in [0.3, 0.4) is 0 Å². The molecule has 0 saturated heterocycles. The van der Waals surface area contributed by atoms with E-state index < -0.39 is 0 Å². The Balaban J connectivity index is 1.82. The van der Waals surface area contributed by atoms with Gasteiger partial charge in [-0.1, -0.05) is 52.5 Å². The molecule has 3 unspecified atom stereocenters. The fourth-order valence-corrected chi connectivity index (χ4v) is 5.02. The first-order chi connectivity index (χ1) is 8.18. The Bertz CT molecular complexity index is 412. The Morgan fingerprint density at radius 3 is 2.41 bits per heavy atom. The molecule has 2 aliphatic rings. The van der Waals surface area contributed by atoms with Gasteiger partial charge >= 0.3 is 0 Å². The molecule has 17 heavy (non-hydrogen) atoms. The van der Waals surface area contributed by atoms with Gasteiger partial charge in [-0.2, -0.15) is 0 Å². The Kier molecular flexibility index (Phi) is 3.06. The van der Waals surface area contributed by atoms with Gasteiger partial charge in [-0.05, 0) is 55.6 Å². The number of halogens is 1. The molecule has 1 aromatic carbocycles. The summed E-state index contributed by atoms with van der Waals surface area (Å²) in [6.45, 7) is 4.44. The van der Waals surface area contributed by atoms with Crippen LogP contribution >= 0.6 is 15.9 Å². The minimum Gasteiger partial charge on any atom is -0.0835 e. The van der Waals surface area contributed by atoms with Crippen LogP contribution in [0.2, 0.25) is 0 Å². The minimum absolute atomic E-state index is 0.593. The van der Waals surface area contributed by atoms with Crippen molar-refractivity contribution in [2.45, 2.75) is 44.4 Å². The molecular weight excluding hydrogens is 272 g/mol. The van der Waals surface area contributed by atoms with E-state index in [1.54, 1.807) is 0 Å². The van der Waals surface area contributed by atoms with Crippen molar-refractivity contribution in [1.82, 2.24) is 0 Å². The van der Waals surface area contributed by atoms with Gasteiger partial charge < -0.3 is 0 Å². The maximum atomic E-state index is 3.99. The summed E-state index contributed by atoms with van der Waals surface area (Å²) in [7, 11) is 0. The summed E-state index contributed by atoms with van der Waals surface area (Å²) in [5, 5.41) is 0. The van der Waals surface area contributed by atoms with E-state index in [1.165, 1.54) is 42.4 Å². The van der Waals surface area contributed by atoms with Gasteiger partial charge in [0.15, 0.2) is 0 Å². The SMILES string of the molecule is Cc1ccc(C)c(C(Br)C2C3CCCCC32)c1. The highest BCUT2D eigenvalue weighted by atomic mass is 79.9. The van der Waals surface area contributed by atoms with Gasteiger partial charge in [-0.25, -0.2) is 0 Å². The third-order valence-corrected chi connectivity index (χ3v) is 5.90. The Labute approximate surface area is 113 Å². The summed E-state index contributed by atoms with van der Waals surface area (Å²) in [5.74, 6) is 2.96. The van der Waals surface area contributed by atoms with Crippen LogP contribution in [0, 0.1) is 31.6 Å². The molecular formula is C16H21Br. The fourth-order valence-electron chi connectivity index (χ4n) is 3.75. The molecule has 0 radical (unpaired) electrons. The van der Waals surface area contributed by atoms with Crippen LogP contribution in [0.5, 0.6) is 0 Å². The molecule has 3 atom stereocenters. The summed E-state index contributed by atoms with van der Waals surface area (Å²) >= 11 is 3.99. The molecule has 0 spiro atoms. The van der Waals surface area contributed by atoms with Gasteiger partial charge in [-0.3, -0.25) is 0 Å². The predicted octanol–water partition coefficient (Wildman–Crippen LogP) is 5.18. The average molecular weight is 293 g/mol. The fraction of sp³-hybridized carbons (Fsp3) is 0.625. The average Bonchev–Trinajstić information content (AvgIpc) is 3.05. The molecule has 0 bridgehead atoms. The number of benzene rings is 1. The standard InChI is InChI=1S/C16H21Br/c1-10-7-8-11(2)14(9-10)16(17)15-12-5-3-4-6-13(12)15/h7-9,12-13,15-16H,3-6H2,1-2H3. The largest absolute Gasteiger partial charge is 0.0835 e. The van der Waals surface area contributed by atoms with Crippen molar-refractivity contribution >= 4 is 15.9 Å². The van der Waals surface area contributed by atoms with Crippen molar-refractivity contribution in [3.8, 4) is 0 Å². The Morgan fingerprint density at radius 2 is 1.76 bits per heavy atom. The molecule has 0 nitrogen and oxygen atoms in total. The Morgan fingerprint density at radius 1 is 1.12 bits per heavy atom. The van der Waals surface area contributed by atoms with Gasteiger partial charge in [0, 0.05) is 4.83 Å². The lowest BCUT2D eigenvalue weighted by molar-refractivity contribution is 0.480. The summed E-state index contributed by atoms with van der Waals surface area (Å²) in [4.78, 5) is 0.593. The summed E-state index contributed by atoms with van der Waals surface area (Å²) in [5.41, 5.74) is 4.36. The van der Waals surface area contributed by atoms with Crippen molar-refractivity contribution in [3.05, 3.63) is 34.9 Å². The number of fused-ring (bicyclic) bond motifs is 1. The molecule has 0 N–H and O–H groups in total. The molecule has 0 aromatic heterocycles. The highest BCUT2D eigenvalue weighted by Gasteiger charge is 2.53. The zero-order valence-corrected chi connectivity index (χ0v) is 12.3. The second-order valence-corrected chi connectivity index (χ2v) is 6.94. The van der Waals surface area contributed by atoms with E-state index in [-0.39, 0.29) is 0 Å². The van der Waals surface area contributed by atoms with E-state index in [0.717, 1.165) is 17.8 Å². The zero-order chi connectivity index (χ0) is 12.0. The van der Waals surface area contributed by atoms with E-state index in [4.69, 9.17) is 0 Å². The predicted molar refractivity (Wildman–Crippen MR) is 76.5 cm³/mol. The highest BCUT2D eigenvalue weighted by molar-refractivity contribution is 9.09. The molecule has 1 heteroatoms. The first kappa shape index (κ1) is 11.8. The van der Waals surface area contributed by atoms with Crippen molar-refractivity contribution in [2.75, 3.05) is 0 Å². The van der Waals surface area contributed by atoms with E-state index in [2.05, 4.69) is 48.0 Å². The topological polar surface area (TPSA) is 0 Å². The van der Waals surface area contributed by atoms with Gasteiger partial charge in [0.05, 0.1) is 0 Å². The van der Waals surface area contributed by atoms with E-state index in [1.807, 2.05) is 0 Å². The van der Waals surface area contributed by atoms with Crippen molar-refractivity contribution in [1.29, 1.82) is 0 Å². The van der Waals surface area contributed by atoms with Crippen LogP contribution in [0.25, 0.3) is 0 Å². The van der Waals surface area contributed by atoms with Gasteiger partial charge in [0.25, 0.3) is 0 Å². The smallest absolute Gasteiger partial charge is 0.0431 e. The molecule has 92 valence electrons. The van der Waals surface area contributed by atoms with Crippen LogP contribution in [-0.4, -0.2) is 0 Å². The molecule has 3 rings (SSSR count). The summed E-state index contributed by atoms with van der Waals surface area (Å²) < 4.78 is 0. The van der Waals surface area contributed by atoms with Crippen LogP contribution in [0.1, 0.15) is 47.2 Å². The number of aryl methyl sites for hydroxylation is 2. The van der Waals surface area contributed by atoms with Crippen LogP contribution in [0.15, 0.2) is 18.2 Å². The first-order valence-electron chi connectivity index (χ1n) is 6.89. The summed E-state index contributed by atoms with van der Waals surface area (Å²) in [6.07, 6.45) is 5.87. The molecule has 0 amide bonds. The monoisotopic (exact) mass is 292 g/mol.